The average Bonchev–Trinajstić information content (AvgIpc) is 2.75. The van der Waals surface area contributed by atoms with Gasteiger partial charge in [-0.2, -0.15) is 0 Å². The highest BCUT2D eigenvalue weighted by Gasteiger charge is 2.33. The van der Waals surface area contributed by atoms with Gasteiger partial charge in [0.2, 0.25) is 0 Å². The van der Waals surface area contributed by atoms with Gasteiger partial charge in [-0.3, -0.25) is 10.1 Å². The summed E-state index contributed by atoms with van der Waals surface area (Å²) < 4.78 is 5.13. The molecule has 1 aliphatic carbocycles. The van der Waals surface area contributed by atoms with E-state index in [1.807, 2.05) is 0 Å². The van der Waals surface area contributed by atoms with Crippen LogP contribution in [0.1, 0.15) is 46.0 Å². The topological polar surface area (TPSA) is 55.4 Å². The summed E-state index contributed by atoms with van der Waals surface area (Å²) >= 11 is 0. The minimum absolute atomic E-state index is 0.129. The summed E-state index contributed by atoms with van der Waals surface area (Å²) in [7, 11) is 0. The van der Waals surface area contributed by atoms with Crippen molar-refractivity contribution in [3.05, 3.63) is 12.2 Å². The Balaban J connectivity index is 2.37. The Hall–Kier alpha value is -1.32. The summed E-state index contributed by atoms with van der Waals surface area (Å²) in [4.78, 5) is 22.6. The molecule has 1 aliphatic rings. The Morgan fingerprint density at radius 1 is 1.35 bits per heavy atom. The van der Waals surface area contributed by atoms with Crippen LogP contribution in [0.5, 0.6) is 0 Å². The first kappa shape index (κ1) is 13.7. The molecule has 1 rings (SSSR count). The van der Waals surface area contributed by atoms with Gasteiger partial charge in [0.1, 0.15) is 0 Å². The van der Waals surface area contributed by atoms with E-state index in [2.05, 4.69) is 18.8 Å². The molecule has 0 aromatic rings. The number of alkyl carbamates (subject to hydrolysis) is 1. The van der Waals surface area contributed by atoms with Crippen molar-refractivity contribution in [3.63, 3.8) is 0 Å². The van der Waals surface area contributed by atoms with Crippen molar-refractivity contribution in [3.8, 4) is 0 Å². The lowest BCUT2D eigenvalue weighted by molar-refractivity contribution is -0.116. The maximum absolute atomic E-state index is 11.4. The van der Waals surface area contributed by atoms with Gasteiger partial charge in [-0.1, -0.05) is 26.3 Å². The number of rotatable bonds is 4. The molecule has 0 aromatic carbocycles. The number of carbonyl (C=O) groups is 2. The quantitative estimate of drug-likeness (QED) is 0.767. The number of imide groups is 1. The summed E-state index contributed by atoms with van der Waals surface area (Å²) in [6.07, 6.45) is 4.94. The van der Waals surface area contributed by atoms with Crippen molar-refractivity contribution in [2.75, 3.05) is 6.61 Å². The van der Waals surface area contributed by atoms with Gasteiger partial charge in [-0.25, -0.2) is 4.79 Å². The lowest BCUT2D eigenvalue weighted by Crippen LogP contribution is -2.34. The molecule has 17 heavy (non-hydrogen) atoms. The highest BCUT2D eigenvalue weighted by Crippen LogP contribution is 2.40. The molecule has 0 unspecified atom stereocenters. The van der Waals surface area contributed by atoms with Crippen LogP contribution >= 0.6 is 0 Å². The first-order chi connectivity index (χ1) is 7.99. The van der Waals surface area contributed by atoms with Crippen molar-refractivity contribution in [2.45, 2.75) is 46.0 Å². The zero-order valence-corrected chi connectivity index (χ0v) is 10.7. The molecule has 2 amide bonds. The molecule has 4 heteroatoms. The summed E-state index contributed by atoms with van der Waals surface area (Å²) in [6, 6.07) is 0. The summed E-state index contributed by atoms with van der Waals surface area (Å²) in [5.74, 6) is -0.480. The van der Waals surface area contributed by atoms with Crippen molar-refractivity contribution in [1.82, 2.24) is 5.32 Å². The monoisotopic (exact) mass is 239 g/mol. The normalized spacial score (nSPS) is 17.5. The van der Waals surface area contributed by atoms with Gasteiger partial charge in [-0.05, 0) is 26.2 Å². The molecular weight excluding hydrogens is 218 g/mol. The molecule has 0 atom stereocenters. The molecule has 0 aliphatic heterocycles. The van der Waals surface area contributed by atoms with Gasteiger partial charge in [0.05, 0.1) is 6.61 Å². The Labute approximate surface area is 102 Å². The van der Waals surface area contributed by atoms with E-state index in [9.17, 15) is 9.59 Å². The zero-order valence-electron chi connectivity index (χ0n) is 10.7. The lowest BCUT2D eigenvalue weighted by Gasteiger charge is -2.26. The number of amides is 2. The zero-order chi connectivity index (χ0) is 12.9. The minimum atomic E-state index is -0.669. The van der Waals surface area contributed by atoms with Crippen LogP contribution in [-0.4, -0.2) is 18.6 Å². The Morgan fingerprint density at radius 3 is 2.41 bits per heavy atom. The van der Waals surface area contributed by atoms with Gasteiger partial charge < -0.3 is 4.74 Å². The van der Waals surface area contributed by atoms with Gasteiger partial charge in [0, 0.05) is 11.0 Å². The van der Waals surface area contributed by atoms with Gasteiger partial charge >= 0.3 is 6.09 Å². The predicted molar refractivity (Wildman–Crippen MR) is 65.5 cm³/mol. The number of ether oxygens (including phenoxy) is 1. The van der Waals surface area contributed by atoms with E-state index in [1.54, 1.807) is 6.92 Å². The fourth-order valence-corrected chi connectivity index (χ4v) is 2.18. The van der Waals surface area contributed by atoms with Crippen LogP contribution in [0, 0.1) is 5.41 Å². The highest BCUT2D eigenvalue weighted by molar-refractivity contribution is 6.01. The van der Waals surface area contributed by atoms with Crippen molar-refractivity contribution in [2.24, 2.45) is 5.41 Å². The second-order valence-corrected chi connectivity index (χ2v) is 4.87. The minimum Gasteiger partial charge on any atom is -0.449 e. The van der Waals surface area contributed by atoms with Crippen LogP contribution in [-0.2, 0) is 9.53 Å². The molecule has 96 valence electrons. The maximum Gasteiger partial charge on any atom is 0.414 e. The molecule has 4 nitrogen and oxygen atoms in total. The summed E-state index contributed by atoms with van der Waals surface area (Å²) in [5.41, 5.74) is 0.428. The van der Waals surface area contributed by atoms with Gasteiger partial charge in [0.25, 0.3) is 5.91 Å². The fraction of sp³-hybridized carbons (Fsp3) is 0.692. The SMILES string of the molecule is C=C(C)C(=O)NC(=O)OCC1(CC)CCCC1. The third kappa shape index (κ3) is 3.88. The largest absolute Gasteiger partial charge is 0.449 e. The highest BCUT2D eigenvalue weighted by atomic mass is 16.5. The Bertz CT molecular complexity index is 317. The first-order valence-corrected chi connectivity index (χ1v) is 6.13. The van der Waals surface area contributed by atoms with E-state index in [4.69, 9.17) is 4.74 Å². The first-order valence-electron chi connectivity index (χ1n) is 6.13. The number of hydrogen-bond donors (Lipinski definition) is 1. The van der Waals surface area contributed by atoms with E-state index in [-0.39, 0.29) is 5.41 Å². The van der Waals surface area contributed by atoms with E-state index in [0.717, 1.165) is 19.3 Å². The van der Waals surface area contributed by atoms with Crippen LogP contribution in [0.4, 0.5) is 4.79 Å². The molecule has 0 radical (unpaired) electrons. The van der Waals surface area contributed by atoms with Crippen LogP contribution in [0.2, 0.25) is 0 Å². The summed E-state index contributed by atoms with van der Waals surface area (Å²) in [5, 5.41) is 2.15. The van der Waals surface area contributed by atoms with Crippen molar-refractivity contribution < 1.29 is 14.3 Å². The van der Waals surface area contributed by atoms with Crippen molar-refractivity contribution in [1.29, 1.82) is 0 Å². The molecule has 1 fully saturated rings. The standard InChI is InChI=1S/C13H21NO3/c1-4-13(7-5-6-8-13)9-17-12(16)14-11(15)10(2)3/h2,4-9H2,1,3H3,(H,14,15,16). The molecule has 0 saturated heterocycles. The van der Waals surface area contributed by atoms with Crippen LogP contribution < -0.4 is 5.32 Å². The van der Waals surface area contributed by atoms with E-state index < -0.39 is 12.0 Å². The Kier molecular flexibility index (Phi) is 4.73. The average molecular weight is 239 g/mol. The smallest absolute Gasteiger partial charge is 0.414 e. The fourth-order valence-electron chi connectivity index (χ4n) is 2.18. The molecule has 0 heterocycles. The van der Waals surface area contributed by atoms with Gasteiger partial charge in [-0.15, -0.1) is 0 Å². The van der Waals surface area contributed by atoms with E-state index >= 15 is 0 Å². The Morgan fingerprint density at radius 2 is 1.94 bits per heavy atom. The summed E-state index contributed by atoms with van der Waals surface area (Å²) in [6.45, 7) is 7.52. The number of hydrogen-bond acceptors (Lipinski definition) is 3. The van der Waals surface area contributed by atoms with Crippen molar-refractivity contribution >= 4 is 12.0 Å². The van der Waals surface area contributed by atoms with E-state index in [1.165, 1.54) is 12.8 Å². The third-order valence-electron chi connectivity index (χ3n) is 3.53. The molecule has 0 spiro atoms. The second kappa shape index (κ2) is 5.84. The molecule has 1 N–H and O–H groups in total. The number of nitrogens with one attached hydrogen (secondary N) is 1. The molecule has 1 saturated carbocycles. The maximum atomic E-state index is 11.4. The predicted octanol–water partition coefficient (Wildman–Crippen LogP) is 2.79. The molecule has 0 aromatic heterocycles. The number of carbonyl (C=O) groups excluding carboxylic acids is 2. The third-order valence-corrected chi connectivity index (χ3v) is 3.53. The van der Waals surface area contributed by atoms with Crippen LogP contribution in [0.25, 0.3) is 0 Å². The van der Waals surface area contributed by atoms with E-state index in [0.29, 0.717) is 12.2 Å². The molecule has 0 bridgehead atoms. The molecular formula is C13H21NO3. The lowest BCUT2D eigenvalue weighted by atomic mass is 9.84. The second-order valence-electron chi connectivity index (χ2n) is 4.87. The van der Waals surface area contributed by atoms with Crippen LogP contribution in [0.15, 0.2) is 12.2 Å². The van der Waals surface area contributed by atoms with Crippen LogP contribution in [0.3, 0.4) is 0 Å². The van der Waals surface area contributed by atoms with Gasteiger partial charge in [0.15, 0.2) is 0 Å².